The van der Waals surface area contributed by atoms with Crippen LogP contribution >= 0.6 is 0 Å². The van der Waals surface area contributed by atoms with Crippen LogP contribution in [-0.2, 0) is 17.8 Å². The normalized spacial score (nSPS) is 18.8. The van der Waals surface area contributed by atoms with Gasteiger partial charge in [0.2, 0.25) is 0 Å². The summed E-state index contributed by atoms with van der Waals surface area (Å²) in [7, 11) is 0. The van der Waals surface area contributed by atoms with Crippen molar-refractivity contribution in [2.75, 3.05) is 23.8 Å². The maximum absolute atomic E-state index is 12.8. The first-order chi connectivity index (χ1) is 15.0. The van der Waals surface area contributed by atoms with E-state index >= 15 is 0 Å². The molecule has 170 valence electrons. The van der Waals surface area contributed by atoms with Crippen LogP contribution in [-0.4, -0.2) is 28.8 Å². The predicted octanol–water partition coefficient (Wildman–Crippen LogP) is 3.52. The lowest BCUT2D eigenvalue weighted by Crippen LogP contribution is -2.40. The number of anilines is 2. The molecule has 3 rings (SSSR count). The van der Waals surface area contributed by atoms with Gasteiger partial charge >= 0.3 is 5.69 Å². The van der Waals surface area contributed by atoms with E-state index in [1.54, 1.807) is 0 Å². The van der Waals surface area contributed by atoms with Crippen molar-refractivity contribution in [2.24, 2.45) is 5.92 Å². The van der Waals surface area contributed by atoms with Gasteiger partial charge in [0, 0.05) is 19.6 Å². The summed E-state index contributed by atoms with van der Waals surface area (Å²) >= 11 is 0. The molecular formula is C24H36N4O3. The number of aromatic nitrogens is 2. The zero-order chi connectivity index (χ0) is 22.2. The van der Waals surface area contributed by atoms with E-state index in [0.29, 0.717) is 37.8 Å². The number of benzene rings is 1. The van der Waals surface area contributed by atoms with Crippen LogP contribution in [0.3, 0.4) is 0 Å². The number of H-pyrrole nitrogens is 1. The van der Waals surface area contributed by atoms with Crippen LogP contribution in [0.4, 0.5) is 11.5 Å². The van der Waals surface area contributed by atoms with Crippen molar-refractivity contribution >= 4 is 11.5 Å². The molecule has 0 aliphatic heterocycles. The molecule has 1 fully saturated rings. The maximum Gasteiger partial charge on any atom is 0.330 e. The summed E-state index contributed by atoms with van der Waals surface area (Å²) in [6, 6.07) is 9.96. The lowest BCUT2D eigenvalue weighted by Gasteiger charge is -2.31. The monoisotopic (exact) mass is 428 g/mol. The fraction of sp³-hybridized carbons (Fsp3) is 0.583. The van der Waals surface area contributed by atoms with Crippen LogP contribution in [0.2, 0.25) is 0 Å². The summed E-state index contributed by atoms with van der Waals surface area (Å²) in [4.78, 5) is 29.5. The molecule has 0 amide bonds. The van der Waals surface area contributed by atoms with Gasteiger partial charge in [-0.05, 0) is 30.7 Å². The molecule has 1 aliphatic rings. The van der Waals surface area contributed by atoms with Crippen molar-refractivity contribution in [3.8, 4) is 0 Å². The number of nitrogens with one attached hydrogen (secondary N) is 1. The Labute approximate surface area is 184 Å². The first-order valence-electron chi connectivity index (χ1n) is 11.5. The number of hydrogen-bond acceptors (Lipinski definition) is 5. The minimum Gasteiger partial charge on any atom is -0.383 e. The summed E-state index contributed by atoms with van der Waals surface area (Å²) in [6.07, 6.45) is 6.78. The van der Waals surface area contributed by atoms with Gasteiger partial charge in [-0.15, -0.1) is 0 Å². The van der Waals surface area contributed by atoms with Crippen molar-refractivity contribution in [2.45, 2.75) is 71.6 Å². The SMILES string of the molecule is CCCCn1c(N)c(N(CCOC2CCCCC2C)Cc2ccccc2)c(=O)[nH]c1=O. The molecule has 0 bridgehead atoms. The molecule has 1 aromatic heterocycles. The van der Waals surface area contributed by atoms with Gasteiger partial charge in [-0.2, -0.15) is 0 Å². The van der Waals surface area contributed by atoms with Crippen LogP contribution in [0.1, 0.15) is 57.9 Å². The molecule has 2 unspecified atom stereocenters. The largest absolute Gasteiger partial charge is 0.383 e. The number of aromatic amines is 1. The molecule has 1 saturated carbocycles. The Bertz CT molecular complexity index is 938. The second-order valence-electron chi connectivity index (χ2n) is 8.58. The smallest absolute Gasteiger partial charge is 0.330 e. The Morgan fingerprint density at radius 2 is 1.94 bits per heavy atom. The highest BCUT2D eigenvalue weighted by atomic mass is 16.5. The molecule has 31 heavy (non-hydrogen) atoms. The highest BCUT2D eigenvalue weighted by molar-refractivity contribution is 5.62. The fourth-order valence-corrected chi connectivity index (χ4v) is 4.34. The van der Waals surface area contributed by atoms with Gasteiger partial charge in [-0.1, -0.05) is 63.4 Å². The Morgan fingerprint density at radius 1 is 1.19 bits per heavy atom. The van der Waals surface area contributed by atoms with Gasteiger partial charge in [0.15, 0.2) is 0 Å². The molecule has 2 atom stereocenters. The van der Waals surface area contributed by atoms with E-state index in [1.165, 1.54) is 23.8 Å². The first-order valence-corrected chi connectivity index (χ1v) is 11.5. The summed E-state index contributed by atoms with van der Waals surface area (Å²) in [5.41, 5.74) is 6.89. The van der Waals surface area contributed by atoms with Gasteiger partial charge in [0.05, 0.1) is 12.7 Å². The van der Waals surface area contributed by atoms with Crippen LogP contribution in [0.5, 0.6) is 0 Å². The standard InChI is InChI=1S/C24H36N4O3/c1-3-4-14-28-22(25)21(23(29)26-24(28)30)27(17-19-11-6-5-7-12-19)15-16-31-20-13-9-8-10-18(20)2/h5-7,11-12,18,20H,3-4,8-10,13-17,25H2,1-2H3,(H,26,29,30). The molecule has 1 heterocycles. The molecule has 0 saturated heterocycles. The van der Waals surface area contributed by atoms with Crippen LogP contribution in [0, 0.1) is 5.92 Å². The average Bonchev–Trinajstić information content (AvgIpc) is 2.75. The zero-order valence-electron chi connectivity index (χ0n) is 18.8. The molecular weight excluding hydrogens is 392 g/mol. The van der Waals surface area contributed by atoms with Gasteiger partial charge in [-0.3, -0.25) is 14.3 Å². The van der Waals surface area contributed by atoms with Crippen LogP contribution in [0.25, 0.3) is 0 Å². The van der Waals surface area contributed by atoms with Crippen molar-refractivity contribution in [1.82, 2.24) is 9.55 Å². The third-order valence-corrected chi connectivity index (χ3v) is 6.21. The highest BCUT2D eigenvalue weighted by Crippen LogP contribution is 2.26. The van der Waals surface area contributed by atoms with Crippen molar-refractivity contribution < 1.29 is 4.74 Å². The van der Waals surface area contributed by atoms with Crippen LogP contribution < -0.4 is 21.9 Å². The fourth-order valence-electron chi connectivity index (χ4n) is 4.34. The second kappa shape index (κ2) is 11.2. The van der Waals surface area contributed by atoms with Crippen molar-refractivity contribution in [1.29, 1.82) is 0 Å². The molecule has 0 radical (unpaired) electrons. The number of ether oxygens (including phenoxy) is 1. The van der Waals surface area contributed by atoms with Gasteiger partial charge < -0.3 is 15.4 Å². The van der Waals surface area contributed by atoms with E-state index in [0.717, 1.165) is 24.8 Å². The Hall–Kier alpha value is -2.54. The molecule has 1 aromatic carbocycles. The topological polar surface area (TPSA) is 93.3 Å². The number of nitrogen functional groups attached to an aromatic ring is 1. The maximum atomic E-state index is 12.8. The number of nitrogens with zero attached hydrogens (tertiary/aromatic N) is 2. The number of hydrogen-bond donors (Lipinski definition) is 2. The van der Waals surface area contributed by atoms with Crippen molar-refractivity contribution in [3.05, 3.63) is 56.7 Å². The Morgan fingerprint density at radius 3 is 2.65 bits per heavy atom. The Kier molecular flexibility index (Phi) is 8.35. The number of nitrogens with two attached hydrogens (primary N) is 1. The van der Waals surface area contributed by atoms with E-state index in [2.05, 4.69) is 18.8 Å². The lowest BCUT2D eigenvalue weighted by molar-refractivity contribution is -0.00139. The summed E-state index contributed by atoms with van der Waals surface area (Å²) in [5, 5.41) is 0. The van der Waals surface area contributed by atoms with Gasteiger partial charge in [0.25, 0.3) is 5.56 Å². The molecule has 1 aliphatic carbocycles. The first kappa shape index (κ1) is 23.1. The minimum atomic E-state index is -0.452. The van der Waals surface area contributed by atoms with E-state index < -0.39 is 11.2 Å². The zero-order valence-corrected chi connectivity index (χ0v) is 18.8. The number of rotatable bonds is 10. The molecule has 7 heteroatoms. The highest BCUT2D eigenvalue weighted by Gasteiger charge is 2.23. The van der Waals surface area contributed by atoms with E-state index in [9.17, 15) is 9.59 Å². The van der Waals surface area contributed by atoms with E-state index in [4.69, 9.17) is 10.5 Å². The minimum absolute atomic E-state index is 0.226. The van der Waals surface area contributed by atoms with E-state index in [-0.39, 0.29) is 11.9 Å². The summed E-state index contributed by atoms with van der Waals surface area (Å²) in [5.74, 6) is 0.782. The Balaban J connectivity index is 1.85. The third-order valence-electron chi connectivity index (χ3n) is 6.21. The van der Waals surface area contributed by atoms with Gasteiger partial charge in [0.1, 0.15) is 11.5 Å². The second-order valence-corrected chi connectivity index (χ2v) is 8.58. The quantitative estimate of drug-likeness (QED) is 0.604. The lowest BCUT2D eigenvalue weighted by atomic mass is 9.88. The van der Waals surface area contributed by atoms with E-state index in [1.807, 2.05) is 35.2 Å². The third kappa shape index (κ3) is 6.00. The van der Waals surface area contributed by atoms with Gasteiger partial charge in [-0.25, -0.2) is 4.79 Å². The molecule has 0 spiro atoms. The summed E-state index contributed by atoms with van der Waals surface area (Å²) in [6.45, 7) is 6.34. The van der Waals surface area contributed by atoms with Crippen LogP contribution in [0.15, 0.2) is 39.9 Å². The molecule has 7 nitrogen and oxygen atoms in total. The average molecular weight is 429 g/mol. The summed E-state index contributed by atoms with van der Waals surface area (Å²) < 4.78 is 7.69. The molecule has 3 N–H and O–H groups in total. The molecule has 2 aromatic rings. The van der Waals surface area contributed by atoms with Crippen molar-refractivity contribution in [3.63, 3.8) is 0 Å². The predicted molar refractivity (Wildman–Crippen MR) is 126 cm³/mol. The number of unbranched alkanes of at least 4 members (excludes halogenated alkanes) is 1.